The van der Waals surface area contributed by atoms with Gasteiger partial charge in [0, 0.05) is 71.9 Å². The molecule has 1 aliphatic carbocycles. The summed E-state index contributed by atoms with van der Waals surface area (Å²) in [5, 5.41) is 11.0. The number of fused-ring (bicyclic) bond motifs is 14. The molecule has 0 saturated carbocycles. The van der Waals surface area contributed by atoms with Crippen LogP contribution in [-0.2, 0) is 16.2 Å². The van der Waals surface area contributed by atoms with Crippen LogP contribution in [0.15, 0.2) is 148 Å². The highest BCUT2D eigenvalue weighted by molar-refractivity contribution is 6.73. The number of nitrogens with zero attached hydrogens (tertiary/aromatic N) is 1. The zero-order valence-corrected chi connectivity index (χ0v) is 37.7. The normalized spacial score (nSPS) is 14.2. The molecule has 0 radical (unpaired) electrons. The number of hydrogen-bond donors (Lipinski definition) is 1. The Hall–Kier alpha value is -6.98. The Morgan fingerprint density at radius 3 is 1.83 bits per heavy atom. The molecule has 8 aromatic carbocycles. The molecule has 1 N–H and O–H groups in total. The summed E-state index contributed by atoms with van der Waals surface area (Å²) in [6.45, 7) is 18.6. The van der Waals surface area contributed by atoms with Crippen LogP contribution in [0.1, 0.15) is 77.6 Å². The Bertz CT molecular complexity index is 3820. The van der Waals surface area contributed by atoms with Gasteiger partial charge in [0.2, 0.25) is 0 Å². The van der Waals surface area contributed by atoms with Crippen LogP contribution in [0.5, 0.6) is 0 Å². The van der Waals surface area contributed by atoms with Gasteiger partial charge in [0.15, 0.2) is 7.28 Å². The monoisotopic (exact) mass is 828 g/mol. The number of para-hydroxylation sites is 2. The van der Waals surface area contributed by atoms with E-state index in [1.807, 2.05) is 0 Å². The molecule has 0 bridgehead atoms. The summed E-state index contributed by atoms with van der Waals surface area (Å²) in [5.41, 5.74) is 22.4. The first kappa shape index (κ1) is 37.6. The summed E-state index contributed by atoms with van der Waals surface area (Å²) in [7, 11) is 0.762. The standard InChI is InChI=1S/C59H49BN2O2/c1-57(2,3)32-17-20-34(21-18-32)61-48-29-46-40(35-22-19-33(58(4,5)6)25-45(35)59(46,7)8)26-41(48)38-23-24-39-42-27-43-36-13-9-11-15-51(36)64-54(43)31-49(42)62-50-28-44-37-14-10-12-16-52(37)63-53(44)30-47(50)60-55(38)56(39)62/h9-31,60-61H,1-8H3. The molecule has 3 aromatic heterocycles. The van der Waals surface area contributed by atoms with E-state index in [1.54, 1.807) is 0 Å². The number of anilines is 2. The summed E-state index contributed by atoms with van der Waals surface area (Å²) < 4.78 is 15.7. The van der Waals surface area contributed by atoms with Crippen molar-refractivity contribution in [3.63, 3.8) is 0 Å². The van der Waals surface area contributed by atoms with Crippen LogP contribution < -0.4 is 16.2 Å². The fourth-order valence-electron chi connectivity index (χ4n) is 11.2. The Kier molecular flexibility index (Phi) is 7.40. The second kappa shape index (κ2) is 12.6. The molecule has 0 amide bonds. The van der Waals surface area contributed by atoms with E-state index in [2.05, 4.69) is 205 Å². The molecule has 0 spiro atoms. The molecular weight excluding hydrogens is 779 g/mol. The lowest BCUT2D eigenvalue weighted by Crippen LogP contribution is -2.37. The molecule has 0 fully saturated rings. The minimum absolute atomic E-state index is 0.0490. The van der Waals surface area contributed by atoms with Crippen LogP contribution >= 0.6 is 0 Å². The summed E-state index contributed by atoms with van der Waals surface area (Å²) >= 11 is 0. The molecule has 11 aromatic rings. The largest absolute Gasteiger partial charge is 0.456 e. The van der Waals surface area contributed by atoms with Gasteiger partial charge >= 0.3 is 0 Å². The predicted octanol–water partition coefficient (Wildman–Crippen LogP) is 14.6. The number of furan rings is 2. The zero-order valence-electron chi connectivity index (χ0n) is 37.7. The Morgan fingerprint density at radius 1 is 0.500 bits per heavy atom. The van der Waals surface area contributed by atoms with E-state index >= 15 is 0 Å². The smallest absolute Gasteiger partial charge is 0.198 e. The number of hydrogen-bond acceptors (Lipinski definition) is 3. The summed E-state index contributed by atoms with van der Waals surface area (Å²) in [6, 6.07) is 52.0. The van der Waals surface area contributed by atoms with Gasteiger partial charge < -0.3 is 18.7 Å². The molecule has 310 valence electrons. The maximum Gasteiger partial charge on any atom is 0.198 e. The third-order valence-corrected chi connectivity index (χ3v) is 14.7. The Morgan fingerprint density at radius 2 is 1.12 bits per heavy atom. The third kappa shape index (κ3) is 5.24. The van der Waals surface area contributed by atoms with Crippen molar-refractivity contribution in [3.05, 3.63) is 162 Å². The Labute approximate surface area is 373 Å². The summed E-state index contributed by atoms with van der Waals surface area (Å²) in [4.78, 5) is 0. The molecule has 2 aliphatic rings. The molecule has 5 heteroatoms. The highest BCUT2D eigenvalue weighted by atomic mass is 16.3. The van der Waals surface area contributed by atoms with Crippen molar-refractivity contribution < 1.29 is 8.83 Å². The van der Waals surface area contributed by atoms with Gasteiger partial charge in [-0.2, -0.15) is 0 Å². The lowest BCUT2D eigenvalue weighted by molar-refractivity contribution is 0.584. The molecule has 64 heavy (non-hydrogen) atoms. The lowest BCUT2D eigenvalue weighted by atomic mass is 9.59. The molecule has 0 unspecified atom stereocenters. The van der Waals surface area contributed by atoms with Gasteiger partial charge in [-0.05, 0) is 110 Å². The van der Waals surface area contributed by atoms with E-state index in [9.17, 15) is 0 Å². The summed E-state index contributed by atoms with van der Waals surface area (Å²) in [6.07, 6.45) is 0. The van der Waals surface area contributed by atoms with Gasteiger partial charge in [0.25, 0.3) is 0 Å². The molecule has 4 heterocycles. The maximum absolute atomic E-state index is 6.58. The van der Waals surface area contributed by atoms with E-state index in [0.29, 0.717) is 0 Å². The van der Waals surface area contributed by atoms with Crippen molar-refractivity contribution in [3.8, 4) is 27.9 Å². The van der Waals surface area contributed by atoms with Gasteiger partial charge in [-0.15, -0.1) is 0 Å². The van der Waals surface area contributed by atoms with Gasteiger partial charge in [-0.25, -0.2) is 0 Å². The van der Waals surface area contributed by atoms with Gasteiger partial charge in [0.05, 0.1) is 5.52 Å². The SMILES string of the molecule is CC(C)(C)c1ccc(Nc2cc3c(cc2-c2ccc4c5cc6c(cc5n5c4c2Bc2cc4oc7ccccc7c4cc2-5)oc2ccccc26)-c2ccc(C(C)(C)C)cc2C3(C)C)cc1. The van der Waals surface area contributed by atoms with Crippen molar-refractivity contribution in [2.45, 2.75) is 71.6 Å². The number of benzene rings is 8. The van der Waals surface area contributed by atoms with Crippen molar-refractivity contribution in [2.24, 2.45) is 0 Å². The first-order chi connectivity index (χ1) is 30.7. The Balaban J connectivity index is 1.10. The first-order valence-corrected chi connectivity index (χ1v) is 22.8. The van der Waals surface area contributed by atoms with Gasteiger partial charge in [0.1, 0.15) is 22.3 Å². The second-order valence-corrected chi connectivity index (χ2v) is 21.1. The topological polar surface area (TPSA) is 43.2 Å². The van der Waals surface area contributed by atoms with Crippen molar-refractivity contribution in [2.75, 3.05) is 5.32 Å². The average Bonchev–Trinajstić information content (AvgIpc) is 3.98. The van der Waals surface area contributed by atoms with Crippen LogP contribution in [0.3, 0.4) is 0 Å². The molecule has 1 aliphatic heterocycles. The van der Waals surface area contributed by atoms with E-state index in [1.165, 1.54) is 77.4 Å². The second-order valence-electron chi connectivity index (χ2n) is 21.1. The lowest BCUT2D eigenvalue weighted by Gasteiger charge is -2.26. The van der Waals surface area contributed by atoms with Crippen molar-refractivity contribution in [1.29, 1.82) is 0 Å². The fraction of sp³-hybridized carbons (Fsp3) is 0.186. The molecule has 13 rings (SSSR count). The summed E-state index contributed by atoms with van der Waals surface area (Å²) in [5.74, 6) is 0. The zero-order chi connectivity index (χ0) is 43.6. The maximum atomic E-state index is 6.58. The van der Waals surface area contributed by atoms with Crippen LogP contribution in [0.4, 0.5) is 11.4 Å². The van der Waals surface area contributed by atoms with Crippen molar-refractivity contribution >= 4 is 95.3 Å². The minimum Gasteiger partial charge on any atom is -0.456 e. The van der Waals surface area contributed by atoms with E-state index in [-0.39, 0.29) is 16.2 Å². The van der Waals surface area contributed by atoms with Crippen LogP contribution in [-0.4, -0.2) is 11.8 Å². The first-order valence-electron chi connectivity index (χ1n) is 22.8. The molecular formula is C59H49BN2O2. The quantitative estimate of drug-likeness (QED) is 0.180. The fourth-order valence-corrected chi connectivity index (χ4v) is 11.2. The van der Waals surface area contributed by atoms with Crippen LogP contribution in [0.2, 0.25) is 0 Å². The van der Waals surface area contributed by atoms with E-state index < -0.39 is 0 Å². The minimum atomic E-state index is -0.181. The molecule has 0 saturated heterocycles. The number of rotatable bonds is 3. The number of nitrogens with one attached hydrogen (secondary N) is 1. The van der Waals surface area contributed by atoms with Crippen LogP contribution in [0, 0.1) is 0 Å². The molecule has 0 atom stereocenters. The number of aromatic nitrogens is 1. The molecule has 4 nitrogen and oxygen atoms in total. The third-order valence-electron chi connectivity index (χ3n) is 14.7. The average molecular weight is 829 g/mol. The highest BCUT2D eigenvalue weighted by Gasteiger charge is 2.38. The van der Waals surface area contributed by atoms with E-state index in [4.69, 9.17) is 8.83 Å². The van der Waals surface area contributed by atoms with Crippen LogP contribution in [0.25, 0.3) is 93.6 Å². The van der Waals surface area contributed by atoms with Crippen molar-refractivity contribution in [1.82, 2.24) is 4.57 Å². The predicted molar refractivity (Wildman–Crippen MR) is 272 cm³/mol. The van der Waals surface area contributed by atoms with Gasteiger partial charge in [-0.3, -0.25) is 0 Å². The van der Waals surface area contributed by atoms with E-state index in [0.717, 1.165) is 68.0 Å². The highest BCUT2D eigenvalue weighted by Crippen LogP contribution is 2.53. The van der Waals surface area contributed by atoms with Gasteiger partial charge in [-0.1, -0.05) is 140 Å².